The maximum Gasteiger partial charge on any atom is 0.262 e. The third-order valence-corrected chi connectivity index (χ3v) is 4.89. The van der Waals surface area contributed by atoms with Gasteiger partial charge in [-0.1, -0.05) is 17.8 Å². The van der Waals surface area contributed by atoms with E-state index in [1.54, 1.807) is 18.2 Å². The Bertz CT molecular complexity index is 985. The minimum Gasteiger partial charge on any atom is -0.482 e. The first-order valence-electron chi connectivity index (χ1n) is 7.69. The van der Waals surface area contributed by atoms with Gasteiger partial charge in [-0.25, -0.2) is 0 Å². The molecule has 0 bridgehead atoms. The van der Waals surface area contributed by atoms with Gasteiger partial charge in [0, 0.05) is 11.8 Å². The Labute approximate surface area is 147 Å². The Morgan fingerprint density at radius 3 is 3.08 bits per heavy atom. The lowest BCUT2D eigenvalue weighted by atomic mass is 10.1. The van der Waals surface area contributed by atoms with Crippen LogP contribution >= 0.6 is 11.8 Å². The molecule has 3 heterocycles. The molecule has 1 aliphatic heterocycles. The molecule has 0 spiro atoms. The van der Waals surface area contributed by atoms with Crippen molar-refractivity contribution in [1.29, 1.82) is 0 Å². The van der Waals surface area contributed by atoms with Crippen LogP contribution in [0, 0.1) is 0 Å². The molecule has 0 radical (unpaired) electrons. The largest absolute Gasteiger partial charge is 0.482 e. The summed E-state index contributed by atoms with van der Waals surface area (Å²) in [4.78, 5) is 24.2. The summed E-state index contributed by atoms with van der Waals surface area (Å²) in [5.41, 5.74) is 1.77. The van der Waals surface area contributed by atoms with Gasteiger partial charge >= 0.3 is 0 Å². The second-order valence-electron chi connectivity index (χ2n) is 5.58. The third-order valence-electron chi connectivity index (χ3n) is 3.83. The molecule has 8 heteroatoms. The Hall–Kier alpha value is -2.87. The summed E-state index contributed by atoms with van der Waals surface area (Å²) in [6, 6.07) is 10.7. The minimum absolute atomic E-state index is 0.00744. The molecule has 0 saturated carbocycles. The van der Waals surface area contributed by atoms with E-state index >= 15 is 0 Å². The first-order chi connectivity index (χ1) is 12.1. The van der Waals surface area contributed by atoms with Crippen molar-refractivity contribution < 1.29 is 14.3 Å². The van der Waals surface area contributed by atoms with Gasteiger partial charge in [-0.05, 0) is 37.3 Å². The van der Waals surface area contributed by atoms with Crippen molar-refractivity contribution in [2.45, 2.75) is 17.3 Å². The van der Waals surface area contributed by atoms with Crippen LogP contribution in [0.2, 0.25) is 0 Å². The number of aromatic nitrogens is 3. The van der Waals surface area contributed by atoms with Gasteiger partial charge in [0.05, 0.1) is 10.9 Å². The Morgan fingerprint density at radius 1 is 1.32 bits per heavy atom. The number of hydrogen-bond acceptors (Lipinski definition) is 6. The van der Waals surface area contributed by atoms with Gasteiger partial charge in [0.2, 0.25) is 0 Å². The molecule has 3 aromatic rings. The summed E-state index contributed by atoms with van der Waals surface area (Å²) in [5, 5.41) is 11.2. The molecule has 7 nitrogen and oxygen atoms in total. The summed E-state index contributed by atoms with van der Waals surface area (Å²) in [7, 11) is 0. The smallest absolute Gasteiger partial charge is 0.262 e. The zero-order chi connectivity index (χ0) is 17.4. The van der Waals surface area contributed by atoms with Crippen LogP contribution in [0.15, 0.2) is 47.8 Å². The molecule has 1 N–H and O–H groups in total. The fourth-order valence-corrected chi connectivity index (χ4v) is 3.50. The summed E-state index contributed by atoms with van der Waals surface area (Å²) in [5.74, 6) is 0.287. The van der Waals surface area contributed by atoms with Gasteiger partial charge in [0.25, 0.3) is 5.91 Å². The van der Waals surface area contributed by atoms with Crippen molar-refractivity contribution in [2.75, 3.05) is 11.9 Å². The average Bonchev–Trinajstić information content (AvgIpc) is 3.03. The predicted octanol–water partition coefficient (Wildman–Crippen LogP) is 2.42. The van der Waals surface area contributed by atoms with Crippen molar-refractivity contribution in [1.82, 2.24) is 14.6 Å². The highest BCUT2D eigenvalue weighted by atomic mass is 32.2. The van der Waals surface area contributed by atoms with Crippen LogP contribution in [0.25, 0.3) is 5.65 Å². The molecule has 1 amide bonds. The number of amides is 1. The van der Waals surface area contributed by atoms with Crippen molar-refractivity contribution in [2.24, 2.45) is 0 Å². The highest BCUT2D eigenvalue weighted by Gasteiger charge is 2.22. The van der Waals surface area contributed by atoms with Crippen LogP contribution < -0.4 is 10.1 Å². The van der Waals surface area contributed by atoms with Crippen LogP contribution in [0.1, 0.15) is 17.3 Å². The topological polar surface area (TPSA) is 85.6 Å². The molecule has 1 atom stereocenters. The number of nitrogens with one attached hydrogen (secondary N) is 1. The Kier molecular flexibility index (Phi) is 3.89. The van der Waals surface area contributed by atoms with Crippen LogP contribution in [-0.4, -0.2) is 38.1 Å². The molecule has 2 aromatic heterocycles. The number of ketones is 1. The second-order valence-corrected chi connectivity index (χ2v) is 6.89. The number of ether oxygens (including phenoxy) is 1. The maximum atomic E-state index is 12.7. The Balaban J connectivity index is 1.56. The molecule has 1 aromatic carbocycles. The molecule has 0 fully saturated rings. The molecule has 1 unspecified atom stereocenters. The number of fused-ring (bicyclic) bond motifs is 2. The zero-order valence-electron chi connectivity index (χ0n) is 13.3. The second kappa shape index (κ2) is 6.21. The van der Waals surface area contributed by atoms with Gasteiger partial charge in [-0.2, -0.15) is 0 Å². The molecule has 0 aliphatic carbocycles. The summed E-state index contributed by atoms with van der Waals surface area (Å²) in [6.07, 6.45) is 1.86. The number of thioether (sulfide) groups is 1. The van der Waals surface area contributed by atoms with E-state index in [1.807, 2.05) is 35.7 Å². The maximum absolute atomic E-state index is 12.7. The number of hydrogen-bond donors (Lipinski definition) is 1. The molecule has 0 saturated heterocycles. The van der Waals surface area contributed by atoms with Gasteiger partial charge in [-0.15, -0.1) is 10.2 Å². The summed E-state index contributed by atoms with van der Waals surface area (Å²) >= 11 is 1.34. The quantitative estimate of drug-likeness (QED) is 0.572. The Morgan fingerprint density at radius 2 is 2.20 bits per heavy atom. The van der Waals surface area contributed by atoms with Crippen LogP contribution in [0.3, 0.4) is 0 Å². The SMILES string of the molecule is CC(Sc1nnc2ccccn12)C(=O)c1ccc2c(c1)NC(=O)CO2. The van der Waals surface area contributed by atoms with Crippen molar-refractivity contribution in [3.05, 3.63) is 48.2 Å². The number of anilines is 1. The van der Waals surface area contributed by atoms with E-state index < -0.39 is 0 Å². The number of nitrogens with zero attached hydrogens (tertiary/aromatic N) is 3. The lowest BCUT2D eigenvalue weighted by Crippen LogP contribution is -2.25. The van der Waals surface area contributed by atoms with E-state index in [1.165, 1.54) is 11.8 Å². The van der Waals surface area contributed by atoms with E-state index in [2.05, 4.69) is 15.5 Å². The van der Waals surface area contributed by atoms with Gasteiger partial charge < -0.3 is 10.1 Å². The van der Waals surface area contributed by atoms with E-state index in [0.717, 1.165) is 5.65 Å². The van der Waals surface area contributed by atoms with Gasteiger partial charge in [0.1, 0.15) is 5.75 Å². The average molecular weight is 354 g/mol. The predicted molar refractivity (Wildman–Crippen MR) is 93.2 cm³/mol. The van der Waals surface area contributed by atoms with E-state index in [4.69, 9.17) is 4.74 Å². The fraction of sp³-hybridized carbons (Fsp3) is 0.176. The van der Waals surface area contributed by atoms with Crippen molar-refractivity contribution >= 4 is 34.8 Å². The third kappa shape index (κ3) is 2.96. The highest BCUT2D eigenvalue weighted by Crippen LogP contribution is 2.31. The number of carbonyl (C=O) groups is 2. The number of benzene rings is 1. The van der Waals surface area contributed by atoms with Crippen LogP contribution in [-0.2, 0) is 4.79 Å². The number of rotatable bonds is 4. The summed E-state index contributed by atoms with van der Waals surface area (Å²) < 4.78 is 7.16. The summed E-state index contributed by atoms with van der Waals surface area (Å²) in [6.45, 7) is 1.82. The van der Waals surface area contributed by atoms with E-state index in [-0.39, 0.29) is 23.5 Å². The molecular weight excluding hydrogens is 340 g/mol. The van der Waals surface area contributed by atoms with Crippen molar-refractivity contribution in [3.8, 4) is 5.75 Å². The fourth-order valence-electron chi connectivity index (χ4n) is 2.58. The zero-order valence-corrected chi connectivity index (χ0v) is 14.1. The monoisotopic (exact) mass is 354 g/mol. The molecule has 126 valence electrons. The van der Waals surface area contributed by atoms with E-state index in [9.17, 15) is 9.59 Å². The standard InChI is InChI=1S/C17H14N4O3S/c1-10(25-17-20-19-14-4-2-3-7-21(14)17)16(23)11-5-6-13-12(8-11)18-15(22)9-24-13/h2-8,10H,9H2,1H3,(H,18,22). The molecular formula is C17H14N4O3S. The lowest BCUT2D eigenvalue weighted by Gasteiger charge is -2.18. The normalized spacial score (nSPS) is 14.5. The van der Waals surface area contributed by atoms with Crippen molar-refractivity contribution in [3.63, 3.8) is 0 Å². The van der Waals surface area contributed by atoms with Gasteiger partial charge in [-0.3, -0.25) is 14.0 Å². The van der Waals surface area contributed by atoms with Crippen LogP contribution in [0.5, 0.6) is 5.75 Å². The minimum atomic E-state index is -0.356. The molecule has 1 aliphatic rings. The number of Topliss-reactive ketones (excluding diaryl/α,β-unsaturated/α-hetero) is 1. The van der Waals surface area contributed by atoms with E-state index in [0.29, 0.717) is 22.2 Å². The lowest BCUT2D eigenvalue weighted by molar-refractivity contribution is -0.118. The highest BCUT2D eigenvalue weighted by molar-refractivity contribution is 8.00. The molecule has 25 heavy (non-hydrogen) atoms. The molecule has 4 rings (SSSR count). The van der Waals surface area contributed by atoms with Crippen LogP contribution in [0.4, 0.5) is 5.69 Å². The number of carbonyl (C=O) groups excluding carboxylic acids is 2. The van der Waals surface area contributed by atoms with Gasteiger partial charge in [0.15, 0.2) is 23.2 Å². The first-order valence-corrected chi connectivity index (χ1v) is 8.57. The number of pyridine rings is 1. The first kappa shape index (κ1) is 15.6.